The van der Waals surface area contributed by atoms with Crippen LogP contribution in [-0.2, 0) is 0 Å². The van der Waals surface area contributed by atoms with Gasteiger partial charge in [0.1, 0.15) is 17.7 Å². The quantitative estimate of drug-likeness (QED) is 0.812. The maximum Gasteiger partial charge on any atom is 0.232 e. The van der Waals surface area contributed by atoms with E-state index in [9.17, 15) is 10.4 Å². The maximum absolute atomic E-state index is 9.38. The minimum absolute atomic E-state index is 0.159. The fourth-order valence-electron chi connectivity index (χ4n) is 2.98. The minimum atomic E-state index is -0.180. The van der Waals surface area contributed by atoms with E-state index in [0.29, 0.717) is 17.5 Å². The zero-order valence-electron chi connectivity index (χ0n) is 14.4. The Labute approximate surface area is 148 Å². The van der Waals surface area contributed by atoms with Gasteiger partial charge in [-0.3, -0.25) is 0 Å². The molecule has 2 aromatic rings. The van der Waals surface area contributed by atoms with Crippen molar-refractivity contribution in [2.45, 2.75) is 44.4 Å². The summed E-state index contributed by atoms with van der Waals surface area (Å²) in [5.41, 5.74) is 2.33. The van der Waals surface area contributed by atoms with E-state index in [4.69, 9.17) is 4.74 Å². The average molecular weight is 337 g/mol. The van der Waals surface area contributed by atoms with Gasteiger partial charge in [-0.1, -0.05) is 30.3 Å². The highest BCUT2D eigenvalue weighted by Gasteiger charge is 2.26. The molecule has 130 valence electrons. The van der Waals surface area contributed by atoms with Crippen LogP contribution in [-0.4, -0.2) is 28.8 Å². The molecule has 1 aliphatic carbocycles. The number of ether oxygens (including phenoxy) is 1. The molecule has 0 unspecified atom stereocenters. The summed E-state index contributed by atoms with van der Waals surface area (Å²) in [5, 5.41) is 22.1. The molecule has 25 heavy (non-hydrogen) atoms. The van der Waals surface area contributed by atoms with Crippen molar-refractivity contribution in [2.24, 2.45) is 0 Å². The topological polar surface area (TPSA) is 78.2 Å². The normalized spacial score (nSPS) is 20.4. The molecule has 1 aliphatic rings. The Hall–Kier alpha value is -2.42. The van der Waals surface area contributed by atoms with Crippen LogP contribution in [0.4, 0.5) is 0 Å². The van der Waals surface area contributed by atoms with Gasteiger partial charge in [-0.15, -0.1) is 0 Å². The summed E-state index contributed by atoms with van der Waals surface area (Å²) in [6.07, 6.45) is 2.05. The number of aryl methyl sites for hydroxylation is 1. The van der Waals surface area contributed by atoms with Crippen LogP contribution in [0.25, 0.3) is 0 Å². The Morgan fingerprint density at radius 1 is 1.28 bits per heavy atom. The molecule has 0 saturated heterocycles. The highest BCUT2D eigenvalue weighted by Crippen LogP contribution is 2.26. The van der Waals surface area contributed by atoms with E-state index in [1.807, 2.05) is 43.3 Å². The minimum Gasteiger partial charge on any atom is -0.468 e. The van der Waals surface area contributed by atoms with Crippen molar-refractivity contribution < 1.29 is 9.84 Å². The molecule has 2 N–H and O–H groups in total. The van der Waals surface area contributed by atoms with E-state index >= 15 is 0 Å². The van der Waals surface area contributed by atoms with Crippen molar-refractivity contribution in [1.29, 1.82) is 5.26 Å². The molecule has 1 saturated carbocycles. The molecule has 1 aromatic heterocycles. The molecule has 3 rings (SSSR count). The summed E-state index contributed by atoms with van der Waals surface area (Å²) in [6, 6.07) is 16.1. The highest BCUT2D eigenvalue weighted by atomic mass is 16.5. The summed E-state index contributed by atoms with van der Waals surface area (Å²) in [7, 11) is 0. The predicted octanol–water partition coefficient (Wildman–Crippen LogP) is 2.88. The van der Waals surface area contributed by atoms with Gasteiger partial charge in [0.2, 0.25) is 5.88 Å². The molecule has 5 nitrogen and oxygen atoms in total. The second kappa shape index (κ2) is 8.11. The van der Waals surface area contributed by atoms with Crippen LogP contribution >= 0.6 is 0 Å². The van der Waals surface area contributed by atoms with Crippen molar-refractivity contribution in [2.75, 3.05) is 6.54 Å². The number of nitrogens with one attached hydrogen (secondary N) is 1. The Morgan fingerprint density at radius 3 is 2.72 bits per heavy atom. The van der Waals surface area contributed by atoms with Crippen molar-refractivity contribution in [3.05, 3.63) is 59.3 Å². The first kappa shape index (κ1) is 17.4. The first-order valence-electron chi connectivity index (χ1n) is 8.66. The van der Waals surface area contributed by atoms with Gasteiger partial charge in [-0.25, -0.2) is 4.98 Å². The van der Waals surface area contributed by atoms with Crippen molar-refractivity contribution in [3.63, 3.8) is 0 Å². The van der Waals surface area contributed by atoms with Gasteiger partial charge in [0, 0.05) is 18.2 Å². The van der Waals surface area contributed by atoms with E-state index in [2.05, 4.69) is 16.4 Å². The Kier molecular flexibility index (Phi) is 5.64. The van der Waals surface area contributed by atoms with Crippen LogP contribution in [0.15, 0.2) is 42.5 Å². The van der Waals surface area contributed by atoms with Gasteiger partial charge in [0.05, 0.1) is 6.10 Å². The second-order valence-corrected chi connectivity index (χ2v) is 6.50. The lowest BCUT2D eigenvalue weighted by Gasteiger charge is -2.32. The van der Waals surface area contributed by atoms with Crippen LogP contribution in [0.1, 0.15) is 42.2 Å². The molecule has 0 aliphatic heterocycles. The van der Waals surface area contributed by atoms with Crippen LogP contribution in [0.2, 0.25) is 0 Å². The fraction of sp³-hybridized carbons (Fsp3) is 0.400. The molecular weight excluding hydrogens is 314 g/mol. The summed E-state index contributed by atoms with van der Waals surface area (Å²) in [6.45, 7) is 2.67. The zero-order valence-corrected chi connectivity index (χ0v) is 14.4. The Balaban J connectivity index is 1.70. The molecule has 1 aromatic carbocycles. The number of nitrogens with zero attached hydrogens (tertiary/aromatic N) is 2. The van der Waals surface area contributed by atoms with Crippen LogP contribution < -0.4 is 10.1 Å². The van der Waals surface area contributed by atoms with Gasteiger partial charge in [-0.05, 0) is 44.0 Å². The molecule has 0 spiro atoms. The van der Waals surface area contributed by atoms with E-state index in [0.717, 1.165) is 37.1 Å². The smallest absolute Gasteiger partial charge is 0.232 e. The summed E-state index contributed by atoms with van der Waals surface area (Å²) < 4.78 is 6.13. The molecule has 0 amide bonds. The van der Waals surface area contributed by atoms with Gasteiger partial charge in [0.25, 0.3) is 0 Å². The van der Waals surface area contributed by atoms with Crippen molar-refractivity contribution >= 4 is 0 Å². The molecule has 1 atom stereocenters. The third kappa shape index (κ3) is 4.56. The van der Waals surface area contributed by atoms with Crippen LogP contribution in [0.3, 0.4) is 0 Å². The Bertz CT molecular complexity index is 736. The Morgan fingerprint density at radius 2 is 2.04 bits per heavy atom. The third-order valence-electron chi connectivity index (χ3n) is 4.50. The monoisotopic (exact) mass is 337 g/mol. The van der Waals surface area contributed by atoms with Gasteiger partial charge >= 0.3 is 0 Å². The number of benzene rings is 1. The lowest BCUT2D eigenvalue weighted by Crippen LogP contribution is -2.44. The van der Waals surface area contributed by atoms with E-state index in [-0.39, 0.29) is 12.2 Å². The fourth-order valence-corrected chi connectivity index (χ4v) is 2.98. The molecule has 0 radical (unpaired) electrons. The molecule has 1 fully saturated rings. The lowest BCUT2D eigenvalue weighted by atomic mass is 9.89. The molecule has 1 heterocycles. The first-order valence-corrected chi connectivity index (χ1v) is 8.66. The van der Waals surface area contributed by atoms with E-state index < -0.39 is 0 Å². The largest absolute Gasteiger partial charge is 0.468 e. The maximum atomic E-state index is 9.38. The first-order chi connectivity index (χ1) is 12.2. The van der Waals surface area contributed by atoms with Crippen LogP contribution in [0.5, 0.6) is 5.88 Å². The number of hydrogen-bond acceptors (Lipinski definition) is 5. The summed E-state index contributed by atoms with van der Waals surface area (Å²) >= 11 is 0. The van der Waals surface area contributed by atoms with Gasteiger partial charge < -0.3 is 15.2 Å². The number of hydrogen-bond donors (Lipinski definition) is 2. The predicted molar refractivity (Wildman–Crippen MR) is 95.1 cm³/mol. The number of aromatic nitrogens is 1. The van der Waals surface area contributed by atoms with Crippen LogP contribution in [0, 0.1) is 18.3 Å². The summed E-state index contributed by atoms with van der Waals surface area (Å²) in [4.78, 5) is 4.39. The number of aliphatic hydroxyl groups is 1. The SMILES string of the molecule is Cc1ccc(C#N)c(O[C@H](CCNC2CC(O)C2)c2ccccc2)n1. The molecule has 5 heteroatoms. The lowest BCUT2D eigenvalue weighted by molar-refractivity contribution is 0.0609. The van der Waals surface area contributed by atoms with Gasteiger partial charge in [0.15, 0.2) is 0 Å². The van der Waals surface area contributed by atoms with E-state index in [1.54, 1.807) is 6.07 Å². The number of rotatable bonds is 7. The third-order valence-corrected chi connectivity index (χ3v) is 4.50. The number of pyridine rings is 1. The van der Waals surface area contributed by atoms with Crippen molar-refractivity contribution in [1.82, 2.24) is 10.3 Å². The molecule has 0 bridgehead atoms. The number of aliphatic hydroxyl groups excluding tert-OH is 1. The summed E-state index contributed by atoms with van der Waals surface area (Å²) in [5.74, 6) is 0.385. The average Bonchev–Trinajstić information content (AvgIpc) is 2.60. The van der Waals surface area contributed by atoms with Gasteiger partial charge in [-0.2, -0.15) is 5.26 Å². The highest BCUT2D eigenvalue weighted by molar-refractivity contribution is 5.39. The van der Waals surface area contributed by atoms with E-state index in [1.165, 1.54) is 0 Å². The number of nitriles is 1. The second-order valence-electron chi connectivity index (χ2n) is 6.50. The zero-order chi connectivity index (χ0) is 17.6. The van der Waals surface area contributed by atoms with Crippen molar-refractivity contribution in [3.8, 4) is 11.9 Å². The standard InChI is InChI=1S/C20H23N3O2/c1-14-7-8-16(13-21)20(23-14)25-19(15-5-3-2-4-6-15)9-10-22-17-11-18(24)12-17/h2-8,17-19,22,24H,9-12H2,1H3/t17?,18?,19-/m1/s1. The molecular formula is C20H23N3O2.